The topological polar surface area (TPSA) is 106 Å². The molecule has 3 aromatic rings. The SMILES string of the molecule is Cc1nc(N(C)c2nc(N3CCC(O)CC3)c3c(n2)N(c2cccs2)CCCC3)sc1C(=O)O. The van der Waals surface area contributed by atoms with E-state index in [1.807, 2.05) is 7.05 Å². The van der Waals surface area contributed by atoms with Crippen molar-refractivity contribution in [2.24, 2.45) is 0 Å². The Labute approximate surface area is 206 Å². The molecule has 34 heavy (non-hydrogen) atoms. The summed E-state index contributed by atoms with van der Waals surface area (Å²) in [7, 11) is 1.83. The van der Waals surface area contributed by atoms with Gasteiger partial charge in [0, 0.05) is 32.2 Å². The van der Waals surface area contributed by atoms with E-state index in [-0.39, 0.29) is 11.0 Å². The van der Waals surface area contributed by atoms with Crippen LogP contribution in [0.2, 0.25) is 0 Å². The minimum atomic E-state index is -0.978. The van der Waals surface area contributed by atoms with E-state index in [1.54, 1.807) is 23.2 Å². The van der Waals surface area contributed by atoms with E-state index < -0.39 is 5.97 Å². The van der Waals surface area contributed by atoms with Gasteiger partial charge in [0.25, 0.3) is 0 Å². The van der Waals surface area contributed by atoms with Crippen LogP contribution in [0.15, 0.2) is 17.5 Å². The van der Waals surface area contributed by atoms with Crippen molar-refractivity contribution in [3.63, 3.8) is 0 Å². The molecule has 0 radical (unpaired) electrons. The number of anilines is 5. The highest BCUT2D eigenvalue weighted by atomic mass is 32.1. The van der Waals surface area contributed by atoms with Gasteiger partial charge in [0.15, 0.2) is 5.13 Å². The summed E-state index contributed by atoms with van der Waals surface area (Å²) in [6.45, 7) is 4.07. The molecule has 0 atom stereocenters. The highest BCUT2D eigenvalue weighted by Gasteiger charge is 2.29. The number of hydrogen-bond acceptors (Lipinski definition) is 10. The average Bonchev–Trinajstić information content (AvgIpc) is 3.44. The van der Waals surface area contributed by atoms with Crippen LogP contribution in [0.5, 0.6) is 0 Å². The van der Waals surface area contributed by atoms with Crippen molar-refractivity contribution in [3.8, 4) is 0 Å². The largest absolute Gasteiger partial charge is 0.477 e. The van der Waals surface area contributed by atoms with E-state index in [9.17, 15) is 15.0 Å². The molecule has 0 unspecified atom stereocenters. The second-order valence-corrected chi connectivity index (χ2v) is 10.6. The van der Waals surface area contributed by atoms with Crippen LogP contribution in [0.4, 0.5) is 27.7 Å². The smallest absolute Gasteiger partial charge is 0.347 e. The van der Waals surface area contributed by atoms with Gasteiger partial charge in [0.1, 0.15) is 16.5 Å². The summed E-state index contributed by atoms with van der Waals surface area (Å²) in [5.41, 5.74) is 1.63. The number of fused-ring (bicyclic) bond motifs is 1. The predicted molar refractivity (Wildman–Crippen MR) is 136 cm³/mol. The molecule has 1 fully saturated rings. The molecule has 0 saturated carbocycles. The first kappa shape index (κ1) is 23.0. The fraction of sp³-hybridized carbons (Fsp3) is 0.478. The Morgan fingerprint density at radius 1 is 1.15 bits per heavy atom. The standard InChI is InChI=1S/C23H28N6O3S2/c1-14-18(21(31)32)34-23(24-14)27(2)22-25-19(28-11-8-15(30)9-12-28)16-6-3-4-10-29(20(16)26-22)17-7-5-13-33-17/h5,7,13,15,30H,3-4,6,8-12H2,1-2H3,(H,31,32). The van der Waals surface area contributed by atoms with Crippen molar-refractivity contribution in [1.29, 1.82) is 0 Å². The van der Waals surface area contributed by atoms with Crippen molar-refractivity contribution >= 4 is 56.4 Å². The quantitative estimate of drug-likeness (QED) is 0.533. The molecule has 0 bridgehead atoms. The maximum Gasteiger partial charge on any atom is 0.347 e. The number of carbonyl (C=O) groups is 1. The third kappa shape index (κ3) is 4.35. The Hall–Kier alpha value is -2.76. The number of aliphatic hydroxyl groups is 1. The molecule has 0 amide bonds. The lowest BCUT2D eigenvalue weighted by molar-refractivity contribution is 0.0701. The molecule has 1 saturated heterocycles. The van der Waals surface area contributed by atoms with Crippen LogP contribution in [0.3, 0.4) is 0 Å². The number of aliphatic hydroxyl groups excluding tert-OH is 1. The fourth-order valence-electron chi connectivity index (χ4n) is 4.51. The number of aromatic nitrogens is 3. The van der Waals surface area contributed by atoms with Crippen LogP contribution in [0.1, 0.15) is 46.6 Å². The van der Waals surface area contributed by atoms with Crippen molar-refractivity contribution in [2.45, 2.75) is 45.1 Å². The number of thiazole rings is 1. The van der Waals surface area contributed by atoms with E-state index in [2.05, 4.69) is 32.3 Å². The maximum atomic E-state index is 11.6. The van der Waals surface area contributed by atoms with Gasteiger partial charge in [-0.05, 0) is 56.5 Å². The van der Waals surface area contributed by atoms with Crippen molar-refractivity contribution in [2.75, 3.05) is 41.4 Å². The molecule has 9 nitrogen and oxygen atoms in total. The molecule has 3 aromatic heterocycles. The zero-order valence-corrected chi connectivity index (χ0v) is 20.9. The molecule has 180 valence electrons. The highest BCUT2D eigenvalue weighted by molar-refractivity contribution is 7.17. The molecular weight excluding hydrogens is 472 g/mol. The van der Waals surface area contributed by atoms with Crippen LogP contribution in [-0.4, -0.2) is 63.9 Å². The van der Waals surface area contributed by atoms with E-state index >= 15 is 0 Å². The zero-order chi connectivity index (χ0) is 23.8. The molecule has 5 heterocycles. The highest BCUT2D eigenvalue weighted by Crippen LogP contribution is 2.40. The zero-order valence-electron chi connectivity index (χ0n) is 19.3. The van der Waals surface area contributed by atoms with Crippen molar-refractivity contribution in [3.05, 3.63) is 33.6 Å². The van der Waals surface area contributed by atoms with Gasteiger partial charge in [-0.25, -0.2) is 9.78 Å². The summed E-state index contributed by atoms with van der Waals surface area (Å²) >= 11 is 2.82. The summed E-state index contributed by atoms with van der Waals surface area (Å²) in [6, 6.07) is 4.17. The minimum Gasteiger partial charge on any atom is -0.477 e. The van der Waals surface area contributed by atoms with Crippen molar-refractivity contribution in [1.82, 2.24) is 15.0 Å². The van der Waals surface area contributed by atoms with Crippen LogP contribution in [0, 0.1) is 6.92 Å². The van der Waals surface area contributed by atoms with Gasteiger partial charge in [0.2, 0.25) is 5.95 Å². The lowest BCUT2D eigenvalue weighted by Crippen LogP contribution is -2.37. The number of carboxylic acid groups (broad SMARTS) is 1. The molecule has 0 spiro atoms. The van der Waals surface area contributed by atoms with Gasteiger partial charge < -0.3 is 20.0 Å². The van der Waals surface area contributed by atoms with E-state index in [1.165, 1.54) is 0 Å². The first-order valence-corrected chi connectivity index (χ1v) is 13.2. The average molecular weight is 501 g/mol. The summed E-state index contributed by atoms with van der Waals surface area (Å²) in [5.74, 6) is 1.33. The lowest BCUT2D eigenvalue weighted by atomic mass is 10.1. The van der Waals surface area contributed by atoms with Crippen LogP contribution in [-0.2, 0) is 6.42 Å². The summed E-state index contributed by atoms with van der Waals surface area (Å²) in [5, 5.41) is 23.3. The fourth-order valence-corrected chi connectivity index (χ4v) is 6.13. The van der Waals surface area contributed by atoms with Gasteiger partial charge in [0.05, 0.1) is 16.8 Å². The third-order valence-electron chi connectivity index (χ3n) is 6.37. The first-order valence-electron chi connectivity index (χ1n) is 11.5. The predicted octanol–water partition coefficient (Wildman–Crippen LogP) is 4.20. The summed E-state index contributed by atoms with van der Waals surface area (Å²) in [6.07, 6.45) is 4.18. The van der Waals surface area contributed by atoms with Gasteiger partial charge >= 0.3 is 5.97 Å². The summed E-state index contributed by atoms with van der Waals surface area (Å²) < 4.78 is 0. The van der Waals surface area contributed by atoms with Gasteiger partial charge in [-0.1, -0.05) is 11.3 Å². The number of hydrogen-bond donors (Lipinski definition) is 2. The molecular formula is C23H28N6O3S2. The van der Waals surface area contributed by atoms with E-state index in [0.717, 1.165) is 72.4 Å². The molecule has 5 rings (SSSR count). The molecule has 0 aromatic carbocycles. The first-order chi connectivity index (χ1) is 16.4. The van der Waals surface area contributed by atoms with Crippen LogP contribution < -0.4 is 14.7 Å². The molecule has 0 aliphatic carbocycles. The van der Waals surface area contributed by atoms with Gasteiger partial charge in [-0.2, -0.15) is 9.97 Å². The lowest BCUT2D eigenvalue weighted by Gasteiger charge is -2.34. The van der Waals surface area contributed by atoms with Crippen molar-refractivity contribution < 1.29 is 15.0 Å². The van der Waals surface area contributed by atoms with E-state index in [0.29, 0.717) is 29.6 Å². The number of nitrogens with zero attached hydrogens (tertiary/aromatic N) is 6. The minimum absolute atomic E-state index is 0.224. The maximum absolute atomic E-state index is 11.6. The molecule has 11 heteroatoms. The Kier molecular flexibility index (Phi) is 6.41. The second-order valence-electron chi connectivity index (χ2n) is 8.70. The number of thiophene rings is 1. The number of piperidine rings is 1. The number of rotatable bonds is 5. The Morgan fingerprint density at radius 2 is 1.91 bits per heavy atom. The summed E-state index contributed by atoms with van der Waals surface area (Å²) in [4.78, 5) is 32.6. The Balaban J connectivity index is 1.63. The van der Waals surface area contributed by atoms with Gasteiger partial charge in [-0.15, -0.1) is 11.3 Å². The number of aryl methyl sites for hydroxylation is 1. The van der Waals surface area contributed by atoms with Crippen LogP contribution >= 0.6 is 22.7 Å². The number of carboxylic acids is 1. The Bertz CT molecular complexity index is 1170. The normalized spacial score (nSPS) is 16.9. The molecule has 2 N–H and O–H groups in total. The monoisotopic (exact) mass is 500 g/mol. The number of aromatic carboxylic acids is 1. The van der Waals surface area contributed by atoms with E-state index in [4.69, 9.17) is 9.97 Å². The molecule has 2 aliphatic rings. The third-order valence-corrected chi connectivity index (χ3v) is 8.48. The Morgan fingerprint density at radius 3 is 2.59 bits per heavy atom. The molecule has 2 aliphatic heterocycles. The van der Waals surface area contributed by atoms with Gasteiger partial charge in [-0.3, -0.25) is 4.90 Å². The van der Waals surface area contributed by atoms with Crippen LogP contribution in [0.25, 0.3) is 0 Å². The second kappa shape index (κ2) is 9.47.